The van der Waals surface area contributed by atoms with Crippen molar-refractivity contribution in [1.82, 2.24) is 0 Å². The Morgan fingerprint density at radius 3 is 2.26 bits per heavy atom. The van der Waals surface area contributed by atoms with E-state index in [0.717, 1.165) is 5.56 Å². The predicted molar refractivity (Wildman–Crippen MR) is 75.5 cm³/mol. The Bertz CT molecular complexity index is 519. The van der Waals surface area contributed by atoms with Gasteiger partial charge in [0.1, 0.15) is 12.4 Å². The van der Waals surface area contributed by atoms with Gasteiger partial charge in [-0.2, -0.15) is 0 Å². The maximum Gasteiger partial charge on any atom is 0.119 e. The molecule has 19 heavy (non-hydrogen) atoms. The van der Waals surface area contributed by atoms with Gasteiger partial charge in [0.25, 0.3) is 0 Å². The summed E-state index contributed by atoms with van der Waals surface area (Å²) in [5, 5.41) is 0. The minimum atomic E-state index is -2.30. The molecule has 0 heterocycles. The molecule has 0 fully saturated rings. The monoisotopic (exact) mass is 285 g/mol. The number of hydrogen-bond donors (Lipinski definition) is 1. The van der Waals surface area contributed by atoms with Crippen LogP contribution in [0.5, 0.6) is 5.75 Å². The molecule has 0 spiro atoms. The smallest absolute Gasteiger partial charge is 0.119 e. The minimum absolute atomic E-state index is 0. The average Bonchev–Trinajstić information content (AvgIpc) is 2.38. The fourth-order valence-corrected chi connectivity index (χ4v) is 1.78. The van der Waals surface area contributed by atoms with E-state index in [1.165, 1.54) is 0 Å². The van der Waals surface area contributed by atoms with E-state index in [1.54, 1.807) is 24.3 Å². The molecule has 0 aliphatic carbocycles. The first kappa shape index (κ1) is 16.2. The van der Waals surface area contributed by atoms with Gasteiger partial charge in [-0.3, -0.25) is 4.21 Å². The molecule has 1 unspecified atom stereocenters. The Labute approximate surface area is 136 Å². The van der Waals surface area contributed by atoms with Crippen LogP contribution >= 0.6 is 0 Å². The van der Waals surface area contributed by atoms with Gasteiger partial charge in [-0.15, -0.1) is 0 Å². The molecular formula is C13H12NNaO3S-. The molecule has 0 amide bonds. The fraction of sp³-hybridized carbons (Fsp3) is 0.0769. The van der Waals surface area contributed by atoms with Gasteiger partial charge >= 0.3 is 0 Å². The molecule has 0 saturated heterocycles. The number of anilines is 1. The summed E-state index contributed by atoms with van der Waals surface area (Å²) in [6.07, 6.45) is 0. The zero-order valence-corrected chi connectivity index (χ0v) is 13.4. The van der Waals surface area contributed by atoms with E-state index in [1.807, 2.05) is 30.3 Å². The van der Waals surface area contributed by atoms with Gasteiger partial charge < -0.3 is 14.0 Å². The van der Waals surface area contributed by atoms with Crippen molar-refractivity contribution in [2.24, 2.45) is 0 Å². The van der Waals surface area contributed by atoms with Gasteiger partial charge in [0, 0.05) is 46.5 Å². The van der Waals surface area contributed by atoms with Crippen LogP contribution in [0.15, 0.2) is 54.6 Å². The summed E-state index contributed by atoms with van der Waals surface area (Å²) in [6.45, 7) is 0.487. The molecule has 4 nitrogen and oxygen atoms in total. The molecule has 0 bridgehead atoms. The summed E-state index contributed by atoms with van der Waals surface area (Å²) in [5.74, 6) is 0.695. The Balaban J connectivity index is 0.00000180. The van der Waals surface area contributed by atoms with Gasteiger partial charge in [-0.05, 0) is 29.8 Å². The molecule has 2 rings (SSSR count). The van der Waals surface area contributed by atoms with Crippen LogP contribution in [-0.4, -0.2) is 38.3 Å². The van der Waals surface area contributed by atoms with Crippen molar-refractivity contribution in [1.29, 1.82) is 0 Å². The first-order valence-corrected chi connectivity index (χ1v) is 6.44. The second-order valence-electron chi connectivity index (χ2n) is 3.64. The second kappa shape index (κ2) is 8.35. The zero-order valence-electron chi connectivity index (χ0n) is 10.5. The van der Waals surface area contributed by atoms with Crippen LogP contribution in [0.4, 0.5) is 5.69 Å². The Morgan fingerprint density at radius 1 is 1.05 bits per heavy atom. The van der Waals surface area contributed by atoms with Crippen LogP contribution in [0.3, 0.4) is 0 Å². The number of nitrogens with one attached hydrogen (secondary N) is 1. The first-order chi connectivity index (χ1) is 8.74. The summed E-state index contributed by atoms with van der Waals surface area (Å²) < 4.78 is 28.7. The third-order valence-electron chi connectivity index (χ3n) is 2.30. The molecule has 1 radical (unpaired) electrons. The molecule has 95 valence electrons. The zero-order chi connectivity index (χ0) is 12.8. The molecule has 2 aromatic rings. The number of benzene rings is 2. The van der Waals surface area contributed by atoms with Crippen LogP contribution in [0.2, 0.25) is 0 Å². The van der Waals surface area contributed by atoms with E-state index >= 15 is 0 Å². The molecule has 0 aromatic heterocycles. The van der Waals surface area contributed by atoms with Gasteiger partial charge in [-0.1, -0.05) is 30.3 Å². The van der Waals surface area contributed by atoms with Crippen LogP contribution in [-0.2, 0) is 17.9 Å². The second-order valence-corrected chi connectivity index (χ2v) is 4.31. The predicted octanol–water partition coefficient (Wildman–Crippen LogP) is 2.09. The van der Waals surface area contributed by atoms with Crippen LogP contribution < -0.4 is 9.46 Å². The average molecular weight is 285 g/mol. The SMILES string of the molecule is O=S([O-])Nc1ccc(OCc2ccccc2)cc1.[Na]. The fourth-order valence-electron chi connectivity index (χ4n) is 1.46. The Kier molecular flexibility index (Phi) is 7.12. The van der Waals surface area contributed by atoms with Crippen LogP contribution in [0.25, 0.3) is 0 Å². The maximum atomic E-state index is 10.4. The van der Waals surface area contributed by atoms with Crippen LogP contribution in [0, 0.1) is 0 Å². The molecule has 2 aromatic carbocycles. The minimum Gasteiger partial charge on any atom is -0.755 e. The molecule has 6 heteroatoms. The van der Waals surface area contributed by atoms with Crippen molar-refractivity contribution >= 4 is 46.5 Å². The summed E-state index contributed by atoms with van der Waals surface area (Å²) >= 11 is -2.30. The van der Waals surface area contributed by atoms with Crippen molar-refractivity contribution in [2.75, 3.05) is 4.72 Å². The molecule has 0 aliphatic heterocycles. The van der Waals surface area contributed by atoms with E-state index < -0.39 is 11.3 Å². The largest absolute Gasteiger partial charge is 0.755 e. The quantitative estimate of drug-likeness (QED) is 0.676. The maximum absolute atomic E-state index is 10.4. The van der Waals surface area contributed by atoms with E-state index in [9.17, 15) is 8.76 Å². The molecule has 0 saturated carbocycles. The van der Waals surface area contributed by atoms with Crippen molar-refractivity contribution in [3.05, 3.63) is 60.2 Å². The van der Waals surface area contributed by atoms with Crippen molar-refractivity contribution in [3.8, 4) is 5.75 Å². The van der Waals surface area contributed by atoms with Gasteiger partial charge in [0.15, 0.2) is 0 Å². The summed E-state index contributed by atoms with van der Waals surface area (Å²) in [6, 6.07) is 16.6. The normalized spacial score (nSPS) is 11.2. The topological polar surface area (TPSA) is 61.4 Å². The van der Waals surface area contributed by atoms with Crippen molar-refractivity contribution in [3.63, 3.8) is 0 Å². The van der Waals surface area contributed by atoms with Crippen molar-refractivity contribution in [2.45, 2.75) is 6.61 Å². The first-order valence-electron chi connectivity index (χ1n) is 5.37. The molecule has 1 N–H and O–H groups in total. The summed E-state index contributed by atoms with van der Waals surface area (Å²) in [7, 11) is 0. The van der Waals surface area contributed by atoms with E-state index in [0.29, 0.717) is 18.0 Å². The van der Waals surface area contributed by atoms with E-state index in [4.69, 9.17) is 4.74 Å². The van der Waals surface area contributed by atoms with Crippen LogP contribution in [0.1, 0.15) is 5.56 Å². The summed E-state index contributed by atoms with van der Waals surface area (Å²) in [4.78, 5) is 0. The number of rotatable bonds is 5. The van der Waals surface area contributed by atoms with Gasteiger partial charge in [0.2, 0.25) is 0 Å². The third kappa shape index (κ3) is 5.76. The van der Waals surface area contributed by atoms with Gasteiger partial charge in [-0.25, -0.2) is 0 Å². The molecule has 1 atom stereocenters. The standard InChI is InChI=1S/C13H13NO3S.Na/c15-18(16)14-12-6-8-13(9-7-12)17-10-11-4-2-1-3-5-11;/h1-9,14H,10H2,(H,15,16);/p-1. The Hall–Kier alpha value is -0.850. The van der Waals surface area contributed by atoms with E-state index in [-0.39, 0.29) is 29.6 Å². The number of hydrogen-bond acceptors (Lipinski definition) is 3. The van der Waals surface area contributed by atoms with E-state index in [2.05, 4.69) is 4.72 Å². The molecular weight excluding hydrogens is 273 g/mol. The summed E-state index contributed by atoms with van der Waals surface area (Å²) in [5.41, 5.74) is 1.59. The Morgan fingerprint density at radius 2 is 1.68 bits per heavy atom. The van der Waals surface area contributed by atoms with Gasteiger partial charge in [0.05, 0.1) is 0 Å². The number of ether oxygens (including phenoxy) is 1. The van der Waals surface area contributed by atoms with Crippen molar-refractivity contribution < 1.29 is 13.5 Å². The third-order valence-corrected chi connectivity index (χ3v) is 2.71. The molecule has 0 aliphatic rings.